The van der Waals surface area contributed by atoms with Crippen molar-refractivity contribution in [3.05, 3.63) is 51.5 Å². The predicted molar refractivity (Wildman–Crippen MR) is 78.4 cm³/mol. The van der Waals surface area contributed by atoms with Crippen molar-refractivity contribution in [2.24, 2.45) is 0 Å². The third-order valence-electron chi connectivity index (χ3n) is 3.14. The van der Waals surface area contributed by atoms with Crippen LogP contribution in [0.3, 0.4) is 0 Å². The first-order valence-electron chi connectivity index (χ1n) is 6.71. The van der Waals surface area contributed by atoms with Crippen molar-refractivity contribution in [2.75, 3.05) is 6.54 Å². The molecule has 0 saturated carbocycles. The summed E-state index contributed by atoms with van der Waals surface area (Å²) in [5.74, 6) is 0. The molecule has 1 aromatic carbocycles. The number of alkyl halides is 3. The Labute approximate surface area is 126 Å². The summed E-state index contributed by atoms with van der Waals surface area (Å²) in [4.78, 5) is 4.41. The molecule has 0 fully saturated rings. The Kier molecular flexibility index (Phi) is 5.00. The lowest BCUT2D eigenvalue weighted by atomic mass is 10.0. The fourth-order valence-corrected chi connectivity index (χ4v) is 2.95. The number of benzene rings is 1. The molecular formula is C15H17F3N2S. The Morgan fingerprint density at radius 1 is 1.24 bits per heavy atom. The lowest BCUT2D eigenvalue weighted by Crippen LogP contribution is -2.23. The highest BCUT2D eigenvalue weighted by molar-refractivity contribution is 7.09. The van der Waals surface area contributed by atoms with Gasteiger partial charge in [-0.25, -0.2) is 4.98 Å². The van der Waals surface area contributed by atoms with Crippen LogP contribution in [-0.2, 0) is 12.6 Å². The maximum atomic E-state index is 12.6. The summed E-state index contributed by atoms with van der Waals surface area (Å²) in [6, 6.07) is 5.31. The minimum absolute atomic E-state index is 0.0252. The number of hydrogen-bond donors (Lipinski definition) is 1. The normalized spacial score (nSPS) is 13.4. The molecule has 0 saturated heterocycles. The summed E-state index contributed by atoms with van der Waals surface area (Å²) in [7, 11) is 0. The number of halogens is 3. The summed E-state index contributed by atoms with van der Waals surface area (Å²) in [5, 5.41) is 6.26. The zero-order chi connectivity index (χ0) is 15.5. The number of likely N-dealkylation sites (N-methyl/N-ethyl adjacent to an activating group) is 1. The van der Waals surface area contributed by atoms with Gasteiger partial charge in [0.05, 0.1) is 10.6 Å². The van der Waals surface area contributed by atoms with Gasteiger partial charge >= 0.3 is 6.18 Å². The molecule has 2 rings (SSSR count). The van der Waals surface area contributed by atoms with E-state index in [1.807, 2.05) is 19.2 Å². The SMILES string of the molecule is CCNC(Cc1nc(C)cs1)c1ccc(C(F)(F)F)cc1. The minimum Gasteiger partial charge on any atom is -0.310 e. The topological polar surface area (TPSA) is 24.9 Å². The van der Waals surface area contributed by atoms with Gasteiger partial charge in [-0.15, -0.1) is 11.3 Å². The smallest absolute Gasteiger partial charge is 0.310 e. The average molecular weight is 314 g/mol. The molecule has 2 aromatic rings. The maximum absolute atomic E-state index is 12.6. The molecule has 0 aliphatic rings. The molecule has 1 heterocycles. The van der Waals surface area contributed by atoms with Crippen molar-refractivity contribution in [3.8, 4) is 0 Å². The molecule has 6 heteroatoms. The van der Waals surface area contributed by atoms with Crippen molar-refractivity contribution in [2.45, 2.75) is 32.5 Å². The summed E-state index contributed by atoms with van der Waals surface area (Å²) >= 11 is 1.57. The van der Waals surface area contributed by atoms with Crippen LogP contribution in [0.5, 0.6) is 0 Å². The molecule has 1 atom stereocenters. The summed E-state index contributed by atoms with van der Waals surface area (Å²) in [6.07, 6.45) is -3.61. The average Bonchev–Trinajstić information content (AvgIpc) is 2.83. The quantitative estimate of drug-likeness (QED) is 0.887. The Balaban J connectivity index is 2.17. The predicted octanol–water partition coefficient (Wildman–Crippen LogP) is 4.36. The number of aromatic nitrogens is 1. The van der Waals surface area contributed by atoms with E-state index >= 15 is 0 Å². The molecular weight excluding hydrogens is 297 g/mol. The number of hydrogen-bond acceptors (Lipinski definition) is 3. The number of nitrogens with zero attached hydrogens (tertiary/aromatic N) is 1. The molecule has 2 nitrogen and oxygen atoms in total. The van der Waals surface area contributed by atoms with Gasteiger partial charge in [0, 0.05) is 23.5 Å². The lowest BCUT2D eigenvalue weighted by Gasteiger charge is -2.18. The number of thiazole rings is 1. The molecule has 1 N–H and O–H groups in total. The Morgan fingerprint density at radius 2 is 1.90 bits per heavy atom. The monoisotopic (exact) mass is 314 g/mol. The van der Waals surface area contributed by atoms with Crippen LogP contribution in [0.15, 0.2) is 29.6 Å². The zero-order valence-electron chi connectivity index (χ0n) is 11.9. The first-order valence-corrected chi connectivity index (χ1v) is 7.59. The van der Waals surface area contributed by atoms with E-state index in [0.717, 1.165) is 34.9 Å². The van der Waals surface area contributed by atoms with E-state index in [4.69, 9.17) is 0 Å². The van der Waals surface area contributed by atoms with E-state index in [2.05, 4.69) is 10.3 Å². The van der Waals surface area contributed by atoms with E-state index in [9.17, 15) is 13.2 Å². The Bertz CT molecular complexity index is 575. The van der Waals surface area contributed by atoms with Gasteiger partial charge in [-0.2, -0.15) is 13.2 Å². The Hall–Kier alpha value is -1.40. The van der Waals surface area contributed by atoms with Gasteiger partial charge in [-0.1, -0.05) is 19.1 Å². The molecule has 0 spiro atoms. The molecule has 0 amide bonds. The van der Waals surface area contributed by atoms with Crippen LogP contribution in [-0.4, -0.2) is 11.5 Å². The number of aryl methyl sites for hydroxylation is 1. The van der Waals surface area contributed by atoms with Gasteiger partial charge in [0.2, 0.25) is 0 Å². The molecule has 0 aliphatic carbocycles. The number of nitrogens with one attached hydrogen (secondary N) is 1. The lowest BCUT2D eigenvalue weighted by molar-refractivity contribution is -0.137. The standard InChI is InChI=1S/C15H17F3N2S/c1-3-19-13(8-14-20-10(2)9-21-14)11-4-6-12(7-5-11)15(16,17)18/h4-7,9,13,19H,3,8H2,1-2H3. The van der Waals surface area contributed by atoms with Crippen LogP contribution in [0.4, 0.5) is 13.2 Å². The fourth-order valence-electron chi connectivity index (χ4n) is 2.13. The van der Waals surface area contributed by atoms with Crippen LogP contribution in [0, 0.1) is 6.92 Å². The molecule has 1 aromatic heterocycles. The minimum atomic E-state index is -4.29. The highest BCUT2D eigenvalue weighted by atomic mass is 32.1. The number of rotatable bonds is 5. The third-order valence-corrected chi connectivity index (χ3v) is 4.13. The van der Waals surface area contributed by atoms with E-state index in [1.54, 1.807) is 11.3 Å². The summed E-state index contributed by atoms with van der Waals surface area (Å²) in [5.41, 5.74) is 1.20. The molecule has 0 bridgehead atoms. The highest BCUT2D eigenvalue weighted by Crippen LogP contribution is 2.30. The third kappa shape index (κ3) is 4.28. The molecule has 1 unspecified atom stereocenters. The van der Waals surface area contributed by atoms with Crippen LogP contribution in [0.25, 0.3) is 0 Å². The first kappa shape index (κ1) is 16.0. The molecule has 21 heavy (non-hydrogen) atoms. The first-order chi connectivity index (χ1) is 9.90. The highest BCUT2D eigenvalue weighted by Gasteiger charge is 2.30. The van der Waals surface area contributed by atoms with E-state index in [0.29, 0.717) is 6.42 Å². The van der Waals surface area contributed by atoms with Crippen molar-refractivity contribution >= 4 is 11.3 Å². The van der Waals surface area contributed by atoms with Gasteiger partial charge in [0.25, 0.3) is 0 Å². The second-order valence-electron chi connectivity index (χ2n) is 4.82. The summed E-state index contributed by atoms with van der Waals surface area (Å²) in [6.45, 7) is 4.65. The fraction of sp³-hybridized carbons (Fsp3) is 0.400. The van der Waals surface area contributed by atoms with E-state index in [1.165, 1.54) is 12.1 Å². The van der Waals surface area contributed by atoms with Crippen LogP contribution < -0.4 is 5.32 Å². The Morgan fingerprint density at radius 3 is 2.38 bits per heavy atom. The van der Waals surface area contributed by atoms with Gasteiger partial charge < -0.3 is 5.32 Å². The van der Waals surface area contributed by atoms with Crippen molar-refractivity contribution in [1.82, 2.24) is 10.3 Å². The van der Waals surface area contributed by atoms with Gasteiger partial charge in [0.15, 0.2) is 0 Å². The van der Waals surface area contributed by atoms with Gasteiger partial charge in [0.1, 0.15) is 0 Å². The molecule has 114 valence electrons. The van der Waals surface area contributed by atoms with Gasteiger partial charge in [-0.3, -0.25) is 0 Å². The van der Waals surface area contributed by atoms with Crippen molar-refractivity contribution in [1.29, 1.82) is 0 Å². The van der Waals surface area contributed by atoms with Crippen LogP contribution in [0.1, 0.15) is 34.8 Å². The zero-order valence-corrected chi connectivity index (χ0v) is 12.7. The molecule has 0 radical (unpaired) electrons. The van der Waals surface area contributed by atoms with Crippen molar-refractivity contribution < 1.29 is 13.2 Å². The summed E-state index contributed by atoms with van der Waals surface area (Å²) < 4.78 is 37.8. The largest absolute Gasteiger partial charge is 0.416 e. The maximum Gasteiger partial charge on any atom is 0.416 e. The van der Waals surface area contributed by atoms with Crippen molar-refractivity contribution in [3.63, 3.8) is 0 Å². The second kappa shape index (κ2) is 6.58. The van der Waals surface area contributed by atoms with Gasteiger partial charge in [-0.05, 0) is 31.2 Å². The molecule has 0 aliphatic heterocycles. The van der Waals surface area contributed by atoms with E-state index < -0.39 is 11.7 Å². The van der Waals surface area contributed by atoms with Crippen LogP contribution in [0.2, 0.25) is 0 Å². The van der Waals surface area contributed by atoms with E-state index in [-0.39, 0.29) is 6.04 Å². The second-order valence-corrected chi connectivity index (χ2v) is 5.76. The van der Waals surface area contributed by atoms with Crippen LogP contribution >= 0.6 is 11.3 Å².